The Labute approximate surface area is 177 Å². The lowest BCUT2D eigenvalue weighted by Crippen LogP contribution is -2.44. The summed E-state index contributed by atoms with van der Waals surface area (Å²) in [5.41, 5.74) is 17.0. The number of carbonyl (C=O) groups is 1. The summed E-state index contributed by atoms with van der Waals surface area (Å²) < 4.78 is 13.0. The molecule has 2 aromatic heterocycles. The maximum atomic E-state index is 12.0. The molecule has 11 heteroatoms. The first kappa shape index (κ1) is 20.8. The second-order valence-electron chi connectivity index (χ2n) is 7.77. The molecule has 0 saturated carbocycles. The van der Waals surface area contributed by atoms with Crippen molar-refractivity contribution in [2.24, 2.45) is 5.73 Å². The van der Waals surface area contributed by atoms with Gasteiger partial charge in [-0.25, -0.2) is 9.97 Å². The number of primary amides is 1. The van der Waals surface area contributed by atoms with Crippen molar-refractivity contribution in [2.45, 2.75) is 37.9 Å². The average Bonchev–Trinajstić information content (AvgIpc) is 3.13. The van der Waals surface area contributed by atoms with E-state index < -0.39 is 29.9 Å². The summed E-state index contributed by atoms with van der Waals surface area (Å²) >= 11 is 0. The van der Waals surface area contributed by atoms with Gasteiger partial charge in [-0.1, -0.05) is 17.7 Å². The second-order valence-corrected chi connectivity index (χ2v) is 7.77. The number of fused-ring (bicyclic) bond motifs is 1. The summed E-state index contributed by atoms with van der Waals surface area (Å²) in [4.78, 5) is 20.1. The molecule has 11 nitrogen and oxygen atoms in total. The fourth-order valence-corrected chi connectivity index (χ4v) is 3.83. The zero-order chi connectivity index (χ0) is 22.5. The number of aliphatic hydroxyl groups excluding tert-OH is 1. The van der Waals surface area contributed by atoms with Crippen LogP contribution in [-0.2, 0) is 4.74 Å². The van der Waals surface area contributed by atoms with E-state index in [9.17, 15) is 15.0 Å². The lowest BCUT2D eigenvalue weighted by atomic mass is 9.96. The minimum atomic E-state index is -1.80. The van der Waals surface area contributed by atoms with E-state index in [1.54, 1.807) is 12.1 Å². The molecule has 1 aliphatic rings. The van der Waals surface area contributed by atoms with Crippen molar-refractivity contribution in [3.8, 4) is 5.75 Å². The Bertz CT molecular complexity index is 1140. The number of hydrogen-bond donors (Lipinski definition) is 5. The molecule has 3 aromatic rings. The summed E-state index contributed by atoms with van der Waals surface area (Å²) in [7, 11) is 0. The van der Waals surface area contributed by atoms with Crippen molar-refractivity contribution in [1.29, 1.82) is 0 Å². The number of nitrogens with two attached hydrogens (primary N) is 3. The predicted molar refractivity (Wildman–Crippen MR) is 112 cm³/mol. The molecule has 0 bridgehead atoms. The third kappa shape index (κ3) is 3.32. The van der Waals surface area contributed by atoms with Gasteiger partial charge in [-0.2, -0.15) is 0 Å². The monoisotopic (exact) mass is 428 g/mol. The van der Waals surface area contributed by atoms with Crippen LogP contribution in [0.4, 0.5) is 11.6 Å². The SMILES string of the molecule is Cc1ccc(OC[C@H]2O[C@@H](n3c(N)c(C(N)=O)c4c(N)ncnc43)[C@](C)(O)[C@@H]2O)cc1. The number of aliphatic hydroxyl groups is 2. The summed E-state index contributed by atoms with van der Waals surface area (Å²) in [5.74, 6) is -0.346. The van der Waals surface area contributed by atoms with Gasteiger partial charge in [0, 0.05) is 0 Å². The van der Waals surface area contributed by atoms with Crippen molar-refractivity contribution in [1.82, 2.24) is 14.5 Å². The van der Waals surface area contributed by atoms with Gasteiger partial charge in [0.15, 0.2) is 6.23 Å². The van der Waals surface area contributed by atoms with Gasteiger partial charge in [-0.3, -0.25) is 9.36 Å². The molecule has 0 unspecified atom stereocenters. The summed E-state index contributed by atoms with van der Waals surface area (Å²) in [5, 5.41) is 22.0. The van der Waals surface area contributed by atoms with Crippen LogP contribution in [0.3, 0.4) is 0 Å². The van der Waals surface area contributed by atoms with E-state index in [4.69, 9.17) is 26.7 Å². The van der Waals surface area contributed by atoms with Crippen LogP contribution in [0.2, 0.25) is 0 Å². The standard InChI is InChI=1S/C20H24N6O5/c1-9-3-5-10(6-4-9)30-7-11-14(27)20(2,29)19(31-11)26-16(22)13(17(23)28)12-15(21)24-8-25-18(12)26/h3-6,8,11,14,19,27,29H,7,22H2,1-2H3,(H2,23,28)(H2,21,24,25)/t11-,14-,19-,20-/m1/s1. The zero-order valence-electron chi connectivity index (χ0n) is 17.0. The number of carbonyl (C=O) groups excluding carboxylic acids is 1. The third-order valence-corrected chi connectivity index (χ3v) is 5.52. The van der Waals surface area contributed by atoms with Gasteiger partial charge in [0.05, 0.1) is 10.9 Å². The topological polar surface area (TPSA) is 185 Å². The minimum Gasteiger partial charge on any atom is -0.491 e. The lowest BCUT2D eigenvalue weighted by Gasteiger charge is -2.28. The molecule has 0 aliphatic carbocycles. The maximum Gasteiger partial charge on any atom is 0.253 e. The smallest absolute Gasteiger partial charge is 0.253 e. The van der Waals surface area contributed by atoms with Crippen molar-refractivity contribution in [2.75, 3.05) is 18.1 Å². The fraction of sp³-hybridized carbons (Fsp3) is 0.350. The highest BCUT2D eigenvalue weighted by molar-refractivity contribution is 6.13. The molecule has 0 spiro atoms. The molecule has 164 valence electrons. The summed E-state index contributed by atoms with van der Waals surface area (Å²) in [6.45, 7) is 3.32. The van der Waals surface area contributed by atoms with Crippen LogP contribution in [0.25, 0.3) is 11.0 Å². The lowest BCUT2D eigenvalue weighted by molar-refractivity contribution is -0.0936. The van der Waals surface area contributed by atoms with E-state index in [0.717, 1.165) is 5.56 Å². The number of rotatable bonds is 5. The molecule has 1 saturated heterocycles. The summed E-state index contributed by atoms with van der Waals surface area (Å²) in [6, 6.07) is 7.37. The third-order valence-electron chi connectivity index (χ3n) is 5.52. The zero-order valence-corrected chi connectivity index (χ0v) is 17.0. The molecular formula is C20H24N6O5. The van der Waals surface area contributed by atoms with Crippen molar-refractivity contribution in [3.63, 3.8) is 0 Å². The van der Waals surface area contributed by atoms with Gasteiger partial charge in [0.25, 0.3) is 5.91 Å². The first-order valence-electron chi connectivity index (χ1n) is 9.58. The summed E-state index contributed by atoms with van der Waals surface area (Å²) in [6.07, 6.45) is -2.22. The van der Waals surface area contributed by atoms with Gasteiger partial charge in [0.1, 0.15) is 53.8 Å². The molecule has 8 N–H and O–H groups in total. The predicted octanol–water partition coefficient (Wildman–Crippen LogP) is 0.0913. The first-order valence-corrected chi connectivity index (χ1v) is 9.58. The van der Waals surface area contributed by atoms with Crippen LogP contribution < -0.4 is 21.9 Å². The van der Waals surface area contributed by atoms with E-state index in [-0.39, 0.29) is 34.8 Å². The van der Waals surface area contributed by atoms with Gasteiger partial charge in [0.2, 0.25) is 0 Å². The van der Waals surface area contributed by atoms with Crippen LogP contribution in [0.5, 0.6) is 5.75 Å². The van der Waals surface area contributed by atoms with Gasteiger partial charge in [-0.15, -0.1) is 0 Å². The van der Waals surface area contributed by atoms with Crippen molar-refractivity contribution in [3.05, 3.63) is 41.7 Å². The highest BCUT2D eigenvalue weighted by atomic mass is 16.6. The van der Waals surface area contributed by atoms with E-state index >= 15 is 0 Å². The molecule has 1 fully saturated rings. The van der Waals surface area contributed by atoms with Crippen LogP contribution in [0.15, 0.2) is 30.6 Å². The Morgan fingerprint density at radius 3 is 2.61 bits per heavy atom. The molecule has 31 heavy (non-hydrogen) atoms. The number of benzene rings is 1. The molecule has 4 atom stereocenters. The Hall–Kier alpha value is -3.41. The van der Waals surface area contributed by atoms with E-state index in [0.29, 0.717) is 5.75 Å². The van der Waals surface area contributed by atoms with Crippen molar-refractivity contribution >= 4 is 28.6 Å². The van der Waals surface area contributed by atoms with E-state index in [1.165, 1.54) is 17.8 Å². The van der Waals surface area contributed by atoms with E-state index in [1.807, 2.05) is 19.1 Å². The average molecular weight is 428 g/mol. The number of amides is 1. The Morgan fingerprint density at radius 2 is 1.97 bits per heavy atom. The molecule has 1 amide bonds. The fourth-order valence-electron chi connectivity index (χ4n) is 3.83. The maximum absolute atomic E-state index is 12.0. The number of aromatic nitrogens is 3. The van der Waals surface area contributed by atoms with E-state index in [2.05, 4.69) is 9.97 Å². The molecule has 1 aliphatic heterocycles. The van der Waals surface area contributed by atoms with Gasteiger partial charge in [-0.05, 0) is 26.0 Å². The van der Waals surface area contributed by atoms with Crippen LogP contribution in [-0.4, -0.2) is 55.1 Å². The highest BCUT2D eigenvalue weighted by Gasteiger charge is 2.54. The van der Waals surface area contributed by atoms with Crippen LogP contribution in [0.1, 0.15) is 29.1 Å². The molecule has 1 aromatic carbocycles. The number of anilines is 2. The number of ether oxygens (including phenoxy) is 2. The van der Waals surface area contributed by atoms with Gasteiger partial charge < -0.3 is 36.9 Å². The number of nitrogen functional groups attached to an aromatic ring is 2. The van der Waals surface area contributed by atoms with Crippen LogP contribution in [0, 0.1) is 6.92 Å². The normalized spacial score (nSPS) is 25.7. The Morgan fingerprint density at radius 1 is 1.29 bits per heavy atom. The Balaban J connectivity index is 1.70. The molecule has 0 radical (unpaired) electrons. The largest absolute Gasteiger partial charge is 0.491 e. The number of aryl methyl sites for hydroxylation is 1. The number of nitrogens with zero attached hydrogens (tertiary/aromatic N) is 3. The Kier molecular flexibility index (Phi) is 4.96. The highest BCUT2D eigenvalue weighted by Crippen LogP contribution is 2.43. The quantitative estimate of drug-likeness (QED) is 0.375. The minimum absolute atomic E-state index is 0.00157. The molecule has 3 heterocycles. The first-order chi connectivity index (χ1) is 14.6. The van der Waals surface area contributed by atoms with Crippen molar-refractivity contribution < 1.29 is 24.5 Å². The second kappa shape index (κ2) is 7.38. The number of hydrogen-bond acceptors (Lipinski definition) is 9. The van der Waals surface area contributed by atoms with Crippen LogP contribution >= 0.6 is 0 Å². The molecular weight excluding hydrogens is 404 g/mol. The van der Waals surface area contributed by atoms with Gasteiger partial charge >= 0.3 is 0 Å². The molecule has 4 rings (SSSR count).